The van der Waals surface area contributed by atoms with E-state index < -0.39 is 5.60 Å². The molecule has 0 unspecified atom stereocenters. The van der Waals surface area contributed by atoms with Crippen molar-refractivity contribution < 1.29 is 14.7 Å². The van der Waals surface area contributed by atoms with E-state index in [2.05, 4.69) is 15.8 Å². The zero-order valence-electron chi connectivity index (χ0n) is 17.0. The normalized spacial score (nSPS) is 20.7. The predicted molar refractivity (Wildman–Crippen MR) is 114 cm³/mol. The summed E-state index contributed by atoms with van der Waals surface area (Å²) in [4.78, 5) is 26.0. The van der Waals surface area contributed by atoms with Gasteiger partial charge in [0.2, 0.25) is 0 Å². The van der Waals surface area contributed by atoms with Gasteiger partial charge in [0.25, 0.3) is 5.91 Å². The lowest BCUT2D eigenvalue weighted by Gasteiger charge is -2.36. The van der Waals surface area contributed by atoms with Crippen LogP contribution in [0.2, 0.25) is 0 Å². The molecule has 1 N–H and O–H groups in total. The lowest BCUT2D eigenvalue weighted by atomic mass is 9.93. The maximum atomic E-state index is 12.9. The van der Waals surface area contributed by atoms with E-state index in [1.54, 1.807) is 11.9 Å². The van der Waals surface area contributed by atoms with Crippen molar-refractivity contribution in [3.05, 3.63) is 39.8 Å². The number of Topliss-reactive ketones (excluding diaryl/α,β-unsaturated/α-hetero) is 1. The van der Waals surface area contributed by atoms with Gasteiger partial charge in [-0.15, -0.1) is 0 Å². The number of nitrogens with zero attached hydrogens (tertiary/aromatic N) is 2. The minimum Gasteiger partial charge on any atom is -0.390 e. The molecule has 2 aliphatic heterocycles. The summed E-state index contributed by atoms with van der Waals surface area (Å²) in [5.41, 5.74) is 3.36. The van der Waals surface area contributed by atoms with E-state index in [1.807, 2.05) is 37.8 Å². The lowest BCUT2D eigenvalue weighted by molar-refractivity contribution is -0.120. The van der Waals surface area contributed by atoms with Crippen molar-refractivity contribution in [2.75, 3.05) is 26.2 Å². The van der Waals surface area contributed by atoms with Gasteiger partial charge >= 0.3 is 0 Å². The number of rotatable bonds is 4. The third-order valence-corrected chi connectivity index (χ3v) is 6.61. The maximum absolute atomic E-state index is 12.9. The van der Waals surface area contributed by atoms with Gasteiger partial charge in [-0.05, 0) is 73.9 Å². The average molecular weight is 403 g/mol. The standard InChI is InChI=1S/C22H30N2O3S/c1-16-14-18(21(26)23-11-7-22(3,27)8-12-23)15-17(2)20(16)6-13-28-24-9-4-19(25)5-10-24/h6,13-15,27H,4-5,7-12H2,1-3H3/b13-6+. The van der Waals surface area contributed by atoms with Crippen LogP contribution in [0.3, 0.4) is 0 Å². The summed E-state index contributed by atoms with van der Waals surface area (Å²) in [6, 6.07) is 3.93. The number of amides is 1. The Bertz CT molecular complexity index is 745. The average Bonchev–Trinajstić information content (AvgIpc) is 2.64. The molecule has 0 aliphatic carbocycles. The van der Waals surface area contributed by atoms with Crippen molar-refractivity contribution in [2.24, 2.45) is 0 Å². The van der Waals surface area contributed by atoms with Crippen LogP contribution in [-0.2, 0) is 4.79 Å². The van der Waals surface area contributed by atoms with Crippen LogP contribution in [0.25, 0.3) is 6.08 Å². The first-order chi connectivity index (χ1) is 13.2. The van der Waals surface area contributed by atoms with Crippen LogP contribution in [-0.4, -0.2) is 57.8 Å². The van der Waals surface area contributed by atoms with E-state index in [-0.39, 0.29) is 5.91 Å². The van der Waals surface area contributed by atoms with Crippen LogP contribution in [0.4, 0.5) is 0 Å². The van der Waals surface area contributed by atoms with Crippen molar-refractivity contribution in [3.63, 3.8) is 0 Å². The monoisotopic (exact) mass is 402 g/mol. The van der Waals surface area contributed by atoms with E-state index in [0.29, 0.717) is 44.6 Å². The fraction of sp³-hybridized carbons (Fsp3) is 0.545. The molecule has 2 aliphatic rings. The largest absolute Gasteiger partial charge is 0.390 e. The van der Waals surface area contributed by atoms with Gasteiger partial charge in [0.1, 0.15) is 5.78 Å². The first-order valence-electron chi connectivity index (χ1n) is 9.98. The zero-order valence-corrected chi connectivity index (χ0v) is 17.8. The second-order valence-corrected chi connectivity index (χ2v) is 9.19. The molecule has 152 valence electrons. The van der Waals surface area contributed by atoms with Crippen molar-refractivity contribution in [1.29, 1.82) is 0 Å². The topological polar surface area (TPSA) is 60.9 Å². The Hall–Kier alpha value is -1.63. The number of hydrogen-bond acceptors (Lipinski definition) is 5. The summed E-state index contributed by atoms with van der Waals surface area (Å²) in [6.07, 6.45) is 4.62. The Morgan fingerprint density at radius 1 is 1.11 bits per heavy atom. The molecule has 1 amide bonds. The number of carbonyl (C=O) groups excluding carboxylic acids is 2. The Labute approximate surface area is 171 Å². The number of likely N-dealkylation sites (tertiary alicyclic amines) is 1. The van der Waals surface area contributed by atoms with Crippen molar-refractivity contribution in [1.82, 2.24) is 9.21 Å². The van der Waals surface area contributed by atoms with Crippen LogP contribution < -0.4 is 0 Å². The SMILES string of the molecule is Cc1cc(C(=O)N2CCC(C)(O)CC2)cc(C)c1/C=C/SN1CCC(=O)CC1. The molecule has 0 atom stereocenters. The third-order valence-electron chi connectivity index (χ3n) is 5.69. The van der Waals surface area contributed by atoms with Crippen LogP contribution in [0.15, 0.2) is 17.5 Å². The molecule has 2 fully saturated rings. The van der Waals surface area contributed by atoms with E-state index in [9.17, 15) is 14.7 Å². The predicted octanol–water partition coefficient (Wildman–Crippen LogP) is 3.57. The number of ketones is 1. The second-order valence-electron chi connectivity index (χ2n) is 8.19. The molecule has 2 heterocycles. The number of hydrogen-bond donors (Lipinski definition) is 1. The van der Waals surface area contributed by atoms with Crippen LogP contribution in [0, 0.1) is 13.8 Å². The van der Waals surface area contributed by atoms with Gasteiger partial charge in [0.05, 0.1) is 5.60 Å². The molecular formula is C22H30N2O3S. The fourth-order valence-electron chi connectivity index (χ4n) is 3.76. The molecular weight excluding hydrogens is 372 g/mol. The highest BCUT2D eigenvalue weighted by Gasteiger charge is 2.30. The van der Waals surface area contributed by atoms with Crippen molar-refractivity contribution >= 4 is 29.7 Å². The number of aryl methyl sites for hydroxylation is 2. The smallest absolute Gasteiger partial charge is 0.253 e. The minimum atomic E-state index is -0.656. The number of piperidine rings is 2. The molecule has 2 saturated heterocycles. The summed E-state index contributed by atoms with van der Waals surface area (Å²) in [5.74, 6) is 0.398. The highest BCUT2D eigenvalue weighted by atomic mass is 32.2. The van der Waals surface area contributed by atoms with Gasteiger partial charge in [0, 0.05) is 44.6 Å². The fourth-order valence-corrected chi connectivity index (χ4v) is 4.52. The zero-order chi connectivity index (χ0) is 20.3. The molecule has 0 bridgehead atoms. The summed E-state index contributed by atoms with van der Waals surface area (Å²) in [7, 11) is 0. The molecule has 3 rings (SSSR count). The van der Waals surface area contributed by atoms with Gasteiger partial charge in [0.15, 0.2) is 0 Å². The summed E-state index contributed by atoms with van der Waals surface area (Å²) in [5, 5.41) is 12.2. The summed E-state index contributed by atoms with van der Waals surface area (Å²) >= 11 is 1.65. The van der Waals surface area contributed by atoms with Gasteiger partial charge in [-0.25, -0.2) is 4.31 Å². The Balaban J connectivity index is 1.64. The first kappa shape index (κ1) is 21.1. The van der Waals surface area contributed by atoms with E-state index in [0.717, 1.165) is 35.3 Å². The lowest BCUT2D eigenvalue weighted by Crippen LogP contribution is -2.45. The highest BCUT2D eigenvalue weighted by Crippen LogP contribution is 2.25. The van der Waals surface area contributed by atoms with Crippen LogP contribution in [0.1, 0.15) is 59.7 Å². The summed E-state index contributed by atoms with van der Waals surface area (Å²) in [6.45, 7) is 8.72. The number of aliphatic hydroxyl groups is 1. The molecule has 28 heavy (non-hydrogen) atoms. The highest BCUT2D eigenvalue weighted by molar-refractivity contribution is 8.00. The molecule has 0 aromatic heterocycles. The first-order valence-corrected chi connectivity index (χ1v) is 10.8. The number of carbonyl (C=O) groups is 2. The van der Waals surface area contributed by atoms with E-state index in [4.69, 9.17) is 0 Å². The van der Waals surface area contributed by atoms with E-state index in [1.165, 1.54) is 0 Å². The molecule has 0 spiro atoms. The number of benzene rings is 1. The van der Waals surface area contributed by atoms with Crippen molar-refractivity contribution in [2.45, 2.75) is 52.1 Å². The van der Waals surface area contributed by atoms with Crippen LogP contribution >= 0.6 is 11.9 Å². The Morgan fingerprint density at radius 2 is 1.68 bits per heavy atom. The molecule has 6 heteroatoms. The molecule has 0 radical (unpaired) electrons. The Kier molecular flexibility index (Phi) is 6.63. The molecule has 5 nitrogen and oxygen atoms in total. The molecule has 1 aromatic carbocycles. The maximum Gasteiger partial charge on any atom is 0.253 e. The Morgan fingerprint density at radius 3 is 2.25 bits per heavy atom. The second kappa shape index (κ2) is 8.80. The van der Waals surface area contributed by atoms with Gasteiger partial charge in [-0.2, -0.15) is 0 Å². The molecule has 1 aromatic rings. The minimum absolute atomic E-state index is 0.0459. The van der Waals surface area contributed by atoms with Gasteiger partial charge < -0.3 is 10.0 Å². The quantitative estimate of drug-likeness (QED) is 0.780. The molecule has 0 saturated carbocycles. The van der Waals surface area contributed by atoms with E-state index >= 15 is 0 Å². The van der Waals surface area contributed by atoms with Gasteiger partial charge in [-0.3, -0.25) is 9.59 Å². The van der Waals surface area contributed by atoms with Gasteiger partial charge in [-0.1, -0.05) is 11.9 Å². The van der Waals surface area contributed by atoms with Crippen molar-refractivity contribution in [3.8, 4) is 0 Å². The third kappa shape index (κ3) is 5.25. The summed E-state index contributed by atoms with van der Waals surface area (Å²) < 4.78 is 2.21. The van der Waals surface area contributed by atoms with Crippen LogP contribution in [0.5, 0.6) is 0 Å².